The maximum Gasteiger partial charge on any atom is 0.191 e. The largest absolute Gasteiger partial charge is 0.357 e. The number of halogens is 2. The normalized spacial score (nSPS) is 11.6. The molecule has 1 aromatic carbocycles. The molecule has 0 aliphatic heterocycles. The van der Waals surface area contributed by atoms with Gasteiger partial charge in [0.05, 0.1) is 6.54 Å². The molecule has 5 nitrogen and oxygen atoms in total. The van der Waals surface area contributed by atoms with Gasteiger partial charge in [-0.05, 0) is 44.4 Å². The van der Waals surface area contributed by atoms with E-state index < -0.39 is 0 Å². The molecule has 7 heteroatoms. The molecule has 25 heavy (non-hydrogen) atoms. The van der Waals surface area contributed by atoms with Crippen LogP contribution in [0.1, 0.15) is 31.2 Å². The first kappa shape index (κ1) is 19.6. The molecular formula is C18H25Cl2N5. The zero-order valence-corrected chi connectivity index (χ0v) is 16.2. The molecule has 2 aromatic rings. The highest BCUT2D eigenvalue weighted by Crippen LogP contribution is 2.21. The lowest BCUT2D eigenvalue weighted by molar-refractivity contribution is 0.588. The van der Waals surface area contributed by atoms with Crippen LogP contribution in [0.15, 0.2) is 35.6 Å². The van der Waals surface area contributed by atoms with Crippen molar-refractivity contribution in [2.75, 3.05) is 13.1 Å². The summed E-state index contributed by atoms with van der Waals surface area (Å²) in [5.41, 5.74) is 0.957. The fourth-order valence-electron chi connectivity index (χ4n) is 2.41. The van der Waals surface area contributed by atoms with Gasteiger partial charge in [0.15, 0.2) is 5.96 Å². The number of guanidine groups is 1. The lowest BCUT2D eigenvalue weighted by Gasteiger charge is -2.12. The Morgan fingerprint density at radius 3 is 2.76 bits per heavy atom. The third-order valence-corrected chi connectivity index (χ3v) is 4.40. The van der Waals surface area contributed by atoms with Crippen molar-refractivity contribution < 1.29 is 0 Å². The van der Waals surface area contributed by atoms with Gasteiger partial charge in [-0.3, -0.25) is 0 Å². The molecule has 0 radical (unpaired) electrons. The van der Waals surface area contributed by atoms with Crippen molar-refractivity contribution in [2.24, 2.45) is 4.99 Å². The summed E-state index contributed by atoms with van der Waals surface area (Å²) in [6, 6.07) is 5.48. The molecule has 0 amide bonds. The van der Waals surface area contributed by atoms with E-state index in [2.05, 4.69) is 25.2 Å². The average Bonchev–Trinajstić information content (AvgIpc) is 2.98. The second kappa shape index (κ2) is 10.3. The van der Waals surface area contributed by atoms with E-state index in [0.29, 0.717) is 16.6 Å². The van der Waals surface area contributed by atoms with Crippen molar-refractivity contribution >= 4 is 29.2 Å². The lowest BCUT2D eigenvalue weighted by Crippen LogP contribution is -2.37. The molecule has 136 valence electrons. The molecule has 0 saturated heterocycles. The van der Waals surface area contributed by atoms with Crippen LogP contribution >= 0.6 is 23.2 Å². The molecule has 2 rings (SSSR count). The molecule has 0 fully saturated rings. The molecule has 2 N–H and O–H groups in total. The number of aromatic nitrogens is 2. The fraction of sp³-hybridized carbons (Fsp3) is 0.444. The first-order chi connectivity index (χ1) is 12.1. The van der Waals surface area contributed by atoms with Gasteiger partial charge < -0.3 is 15.2 Å². The van der Waals surface area contributed by atoms with E-state index in [0.717, 1.165) is 49.8 Å². The maximum atomic E-state index is 6.20. The van der Waals surface area contributed by atoms with Crippen molar-refractivity contribution in [2.45, 2.75) is 39.8 Å². The maximum absolute atomic E-state index is 6.20. The molecule has 0 bridgehead atoms. The van der Waals surface area contributed by atoms with Crippen LogP contribution in [-0.2, 0) is 13.1 Å². The van der Waals surface area contributed by atoms with Gasteiger partial charge in [0.2, 0.25) is 0 Å². The SMILES string of the molecule is CCNC(=NCc1ccc(Cl)cc1Cl)NCCCCn1ccnc1C. The predicted molar refractivity (Wildman–Crippen MR) is 105 cm³/mol. The van der Waals surface area contributed by atoms with Gasteiger partial charge in [-0.2, -0.15) is 0 Å². The van der Waals surface area contributed by atoms with Gasteiger partial charge in [0.25, 0.3) is 0 Å². The van der Waals surface area contributed by atoms with Crippen LogP contribution in [0.2, 0.25) is 10.0 Å². The van der Waals surface area contributed by atoms with Gasteiger partial charge in [-0.1, -0.05) is 29.3 Å². The van der Waals surface area contributed by atoms with E-state index in [1.54, 1.807) is 6.07 Å². The first-order valence-corrected chi connectivity index (χ1v) is 9.29. The van der Waals surface area contributed by atoms with Gasteiger partial charge in [0, 0.05) is 42.1 Å². The highest BCUT2D eigenvalue weighted by Gasteiger charge is 2.02. The molecule has 1 heterocycles. The molecule has 1 aromatic heterocycles. The van der Waals surface area contributed by atoms with Crippen molar-refractivity contribution in [3.8, 4) is 0 Å². The summed E-state index contributed by atoms with van der Waals surface area (Å²) in [6.45, 7) is 7.26. The van der Waals surface area contributed by atoms with E-state index in [-0.39, 0.29) is 0 Å². The predicted octanol–water partition coefficient (Wildman–Crippen LogP) is 4.03. The number of benzene rings is 1. The number of imidazole rings is 1. The Morgan fingerprint density at radius 1 is 1.24 bits per heavy atom. The quantitative estimate of drug-likeness (QED) is 0.412. The van der Waals surface area contributed by atoms with Gasteiger partial charge in [-0.25, -0.2) is 9.98 Å². The standard InChI is InChI=1S/C18H25Cl2N5/c1-3-21-18(24-13-15-6-7-16(19)12-17(15)20)23-8-4-5-10-25-11-9-22-14(25)2/h6-7,9,11-12H,3-5,8,10,13H2,1-2H3,(H2,21,23,24). The molecule has 0 atom stereocenters. The number of rotatable bonds is 8. The summed E-state index contributed by atoms with van der Waals surface area (Å²) < 4.78 is 2.17. The number of nitrogens with zero attached hydrogens (tertiary/aromatic N) is 3. The van der Waals surface area contributed by atoms with E-state index in [4.69, 9.17) is 23.2 Å². The molecule has 0 saturated carbocycles. The van der Waals surface area contributed by atoms with Crippen LogP contribution in [0.3, 0.4) is 0 Å². The minimum absolute atomic E-state index is 0.513. The Bertz CT molecular complexity index is 697. The minimum Gasteiger partial charge on any atom is -0.357 e. The van der Waals surface area contributed by atoms with E-state index >= 15 is 0 Å². The van der Waals surface area contributed by atoms with Gasteiger partial charge in [-0.15, -0.1) is 0 Å². The van der Waals surface area contributed by atoms with Crippen LogP contribution < -0.4 is 10.6 Å². The monoisotopic (exact) mass is 381 g/mol. The molecule has 0 spiro atoms. The van der Waals surface area contributed by atoms with E-state index in [9.17, 15) is 0 Å². The summed E-state index contributed by atoms with van der Waals surface area (Å²) in [4.78, 5) is 8.82. The van der Waals surface area contributed by atoms with Crippen molar-refractivity contribution in [3.63, 3.8) is 0 Å². The third kappa shape index (κ3) is 6.59. The summed E-state index contributed by atoms with van der Waals surface area (Å²) >= 11 is 12.1. The Morgan fingerprint density at radius 2 is 2.08 bits per heavy atom. The first-order valence-electron chi connectivity index (χ1n) is 8.54. The third-order valence-electron chi connectivity index (χ3n) is 3.81. The van der Waals surface area contributed by atoms with Crippen LogP contribution in [0.5, 0.6) is 0 Å². The number of hydrogen-bond donors (Lipinski definition) is 2. The number of unbranched alkanes of at least 4 members (excludes halogenated alkanes) is 1. The molecular weight excluding hydrogens is 357 g/mol. The zero-order chi connectivity index (χ0) is 18.1. The number of nitrogens with one attached hydrogen (secondary N) is 2. The van der Waals surface area contributed by atoms with Crippen LogP contribution in [-0.4, -0.2) is 28.6 Å². The highest BCUT2D eigenvalue weighted by molar-refractivity contribution is 6.35. The average molecular weight is 382 g/mol. The zero-order valence-electron chi connectivity index (χ0n) is 14.7. The Labute approximate surface area is 159 Å². The minimum atomic E-state index is 0.513. The molecule has 0 aliphatic rings. The number of hydrogen-bond acceptors (Lipinski definition) is 2. The summed E-state index contributed by atoms with van der Waals surface area (Å²) in [7, 11) is 0. The lowest BCUT2D eigenvalue weighted by atomic mass is 10.2. The van der Waals surface area contributed by atoms with E-state index in [1.807, 2.05) is 38.4 Å². The van der Waals surface area contributed by atoms with Gasteiger partial charge in [0.1, 0.15) is 5.82 Å². The Kier molecular flexibility index (Phi) is 8.09. The number of aryl methyl sites for hydroxylation is 2. The Balaban J connectivity index is 1.78. The second-order valence-electron chi connectivity index (χ2n) is 5.73. The Hall–Kier alpha value is -1.72. The van der Waals surface area contributed by atoms with Crippen LogP contribution in [0.25, 0.3) is 0 Å². The van der Waals surface area contributed by atoms with Crippen LogP contribution in [0.4, 0.5) is 0 Å². The smallest absolute Gasteiger partial charge is 0.191 e. The summed E-state index contributed by atoms with van der Waals surface area (Å²) in [6.07, 6.45) is 6.01. The van der Waals surface area contributed by atoms with Crippen molar-refractivity contribution in [1.82, 2.24) is 20.2 Å². The highest BCUT2D eigenvalue weighted by atomic mass is 35.5. The topological polar surface area (TPSA) is 54.2 Å². The van der Waals surface area contributed by atoms with Crippen molar-refractivity contribution in [3.05, 3.63) is 52.0 Å². The molecule has 0 unspecified atom stereocenters. The second-order valence-corrected chi connectivity index (χ2v) is 6.58. The number of aliphatic imine (C=N–C) groups is 1. The summed E-state index contributed by atoms with van der Waals surface area (Å²) in [5, 5.41) is 7.89. The van der Waals surface area contributed by atoms with E-state index in [1.165, 1.54) is 0 Å². The fourth-order valence-corrected chi connectivity index (χ4v) is 2.88. The molecule has 0 aliphatic carbocycles. The van der Waals surface area contributed by atoms with Crippen LogP contribution in [0, 0.1) is 6.92 Å². The van der Waals surface area contributed by atoms with Crippen molar-refractivity contribution in [1.29, 1.82) is 0 Å². The summed E-state index contributed by atoms with van der Waals surface area (Å²) in [5.74, 6) is 1.86. The van der Waals surface area contributed by atoms with Gasteiger partial charge >= 0.3 is 0 Å².